The van der Waals surface area contributed by atoms with E-state index in [0.717, 1.165) is 54.0 Å². The maximum atomic E-state index is 5.77. The first-order valence-corrected chi connectivity index (χ1v) is 13.1. The van der Waals surface area contributed by atoms with Gasteiger partial charge in [-0.1, -0.05) is 12.1 Å². The summed E-state index contributed by atoms with van der Waals surface area (Å²) in [6.07, 6.45) is 8.11. The molecule has 2 N–H and O–H groups in total. The summed E-state index contributed by atoms with van der Waals surface area (Å²) in [5.41, 5.74) is 10.9. The van der Waals surface area contributed by atoms with Crippen LogP contribution in [0.5, 0.6) is 0 Å². The maximum Gasteiger partial charge on any atom is 0.129 e. The number of thioether (sulfide) groups is 1. The second kappa shape index (κ2) is 10.4. The summed E-state index contributed by atoms with van der Waals surface area (Å²) in [4.78, 5) is 17.4. The van der Waals surface area contributed by atoms with Crippen molar-refractivity contribution in [3.63, 3.8) is 0 Å². The van der Waals surface area contributed by atoms with Gasteiger partial charge in [-0.15, -0.1) is 11.8 Å². The molecule has 1 aromatic carbocycles. The molecule has 1 aliphatic rings. The Kier molecular flexibility index (Phi) is 6.90. The zero-order chi connectivity index (χ0) is 24.2. The summed E-state index contributed by atoms with van der Waals surface area (Å²) in [6.45, 7) is 4.44. The fourth-order valence-corrected chi connectivity index (χ4v) is 5.11. The number of aromatic nitrogens is 3. The molecule has 0 amide bonds. The average molecular weight is 484 g/mol. The number of rotatable bonds is 6. The molecule has 0 aliphatic carbocycles. The number of nitrogen functional groups attached to an aromatic ring is 1. The molecule has 0 spiro atoms. The fourth-order valence-electron chi connectivity index (χ4n) is 4.49. The average Bonchev–Trinajstić information content (AvgIpc) is 2.89. The summed E-state index contributed by atoms with van der Waals surface area (Å²) in [5, 5.41) is 9.80. The van der Waals surface area contributed by atoms with Crippen molar-refractivity contribution in [3.8, 4) is 0 Å². The number of aryl methyl sites for hydroxylation is 1. The molecular formula is C27H29N7S. The van der Waals surface area contributed by atoms with Gasteiger partial charge in [0.2, 0.25) is 0 Å². The predicted molar refractivity (Wildman–Crippen MR) is 144 cm³/mol. The van der Waals surface area contributed by atoms with Crippen LogP contribution in [0.2, 0.25) is 0 Å². The highest BCUT2D eigenvalue weighted by molar-refractivity contribution is 7.98. The summed E-state index contributed by atoms with van der Waals surface area (Å²) >= 11 is 1.72. The van der Waals surface area contributed by atoms with Crippen molar-refractivity contribution < 1.29 is 0 Å². The van der Waals surface area contributed by atoms with Crippen molar-refractivity contribution in [2.45, 2.75) is 37.1 Å². The van der Waals surface area contributed by atoms with Gasteiger partial charge in [0.1, 0.15) is 18.2 Å². The largest absolute Gasteiger partial charge is 0.384 e. The monoisotopic (exact) mass is 483 g/mol. The molecule has 5 rings (SSSR count). The Balaban J connectivity index is 1.31. The lowest BCUT2D eigenvalue weighted by Crippen LogP contribution is -2.34. The highest BCUT2D eigenvalue weighted by Gasteiger charge is 2.22. The molecular weight excluding hydrogens is 454 g/mol. The van der Waals surface area contributed by atoms with E-state index < -0.39 is 0 Å². The Morgan fingerprint density at radius 3 is 2.83 bits per heavy atom. The first-order chi connectivity index (χ1) is 17.1. The highest BCUT2D eigenvalue weighted by atomic mass is 32.2. The number of anilines is 2. The lowest BCUT2D eigenvalue weighted by Gasteiger charge is -2.33. The zero-order valence-electron chi connectivity index (χ0n) is 20.1. The fraction of sp³-hybridized carbons (Fsp3) is 0.296. The molecule has 8 heteroatoms. The van der Waals surface area contributed by atoms with Crippen LogP contribution in [-0.4, -0.2) is 34.3 Å². The standard InChI is InChI=1S/C27H29N7S/c1-18-5-8-22(13-25(18)35-2)33-31-16-23-12-24-20(15-29-23)7-10-27(32-24)34-11-3-4-21(17-34)19-6-9-26(28)30-14-19/h5-10,12-15,21H,3-4,11,16-17H2,1-2H3,(H2,28,30). The van der Waals surface area contributed by atoms with Gasteiger partial charge in [0.25, 0.3) is 0 Å². The van der Waals surface area contributed by atoms with Crippen molar-refractivity contribution in [3.05, 3.63) is 77.7 Å². The van der Waals surface area contributed by atoms with Crippen molar-refractivity contribution in [1.29, 1.82) is 0 Å². The Bertz CT molecular complexity index is 1350. The SMILES string of the molecule is CSc1cc(N=NCc2cc3nc(N4CCCC(c5ccc(N)nc5)C4)ccc3cn2)ccc1C. The molecule has 35 heavy (non-hydrogen) atoms. The Morgan fingerprint density at radius 1 is 1.09 bits per heavy atom. The van der Waals surface area contributed by atoms with Crippen LogP contribution in [-0.2, 0) is 6.54 Å². The van der Waals surface area contributed by atoms with Gasteiger partial charge in [-0.3, -0.25) is 4.98 Å². The molecule has 7 nitrogen and oxygen atoms in total. The molecule has 0 bridgehead atoms. The van der Waals surface area contributed by atoms with Crippen LogP contribution in [0.1, 0.15) is 35.6 Å². The summed E-state index contributed by atoms with van der Waals surface area (Å²) in [7, 11) is 0. The van der Waals surface area contributed by atoms with Gasteiger partial charge in [0.05, 0.1) is 16.9 Å². The van der Waals surface area contributed by atoms with Gasteiger partial charge in [0, 0.05) is 41.7 Å². The molecule has 4 heterocycles. The number of nitrogens with zero attached hydrogens (tertiary/aromatic N) is 6. The van der Waals surface area contributed by atoms with E-state index in [4.69, 9.17) is 10.7 Å². The molecule has 1 saturated heterocycles. The molecule has 0 saturated carbocycles. The van der Waals surface area contributed by atoms with Crippen LogP contribution >= 0.6 is 11.8 Å². The Morgan fingerprint density at radius 2 is 2.00 bits per heavy atom. The second-order valence-electron chi connectivity index (χ2n) is 8.89. The number of piperidine rings is 1. The number of pyridine rings is 3. The van der Waals surface area contributed by atoms with E-state index in [-0.39, 0.29) is 0 Å². The maximum absolute atomic E-state index is 5.77. The number of benzene rings is 1. The Labute approximate surface area is 209 Å². The lowest BCUT2D eigenvalue weighted by atomic mass is 9.91. The minimum atomic E-state index is 0.417. The smallest absolute Gasteiger partial charge is 0.129 e. The predicted octanol–water partition coefficient (Wildman–Crippen LogP) is 6.31. The third kappa shape index (κ3) is 5.43. The third-order valence-electron chi connectivity index (χ3n) is 6.45. The van der Waals surface area contributed by atoms with E-state index in [0.29, 0.717) is 18.3 Å². The number of hydrogen-bond acceptors (Lipinski definition) is 8. The molecule has 3 aromatic heterocycles. The van der Waals surface area contributed by atoms with E-state index in [2.05, 4.69) is 68.6 Å². The third-order valence-corrected chi connectivity index (χ3v) is 7.33. The first kappa shape index (κ1) is 23.2. The second-order valence-corrected chi connectivity index (χ2v) is 9.74. The summed E-state index contributed by atoms with van der Waals surface area (Å²) in [5.74, 6) is 1.98. The van der Waals surface area contributed by atoms with Crippen LogP contribution in [0.3, 0.4) is 0 Å². The van der Waals surface area contributed by atoms with Crippen LogP contribution in [0, 0.1) is 6.92 Å². The van der Waals surface area contributed by atoms with Crippen LogP contribution in [0.4, 0.5) is 17.3 Å². The molecule has 0 radical (unpaired) electrons. The lowest BCUT2D eigenvalue weighted by molar-refractivity contribution is 0.506. The van der Waals surface area contributed by atoms with Crippen LogP contribution < -0.4 is 10.6 Å². The topological polar surface area (TPSA) is 92.7 Å². The van der Waals surface area contributed by atoms with Crippen LogP contribution in [0.25, 0.3) is 10.9 Å². The number of hydrogen-bond donors (Lipinski definition) is 1. The van der Waals surface area contributed by atoms with E-state index >= 15 is 0 Å². The number of fused-ring (bicyclic) bond motifs is 1. The molecule has 4 aromatic rings. The van der Waals surface area contributed by atoms with Crippen molar-refractivity contribution in [1.82, 2.24) is 15.0 Å². The quantitative estimate of drug-likeness (QED) is 0.255. The first-order valence-electron chi connectivity index (χ1n) is 11.8. The number of nitrogens with two attached hydrogens (primary N) is 1. The zero-order valence-corrected chi connectivity index (χ0v) is 20.9. The normalized spacial score (nSPS) is 16.3. The van der Waals surface area contributed by atoms with Gasteiger partial charge in [0.15, 0.2) is 0 Å². The van der Waals surface area contributed by atoms with Crippen LogP contribution in [0.15, 0.2) is 76.0 Å². The molecule has 1 unspecified atom stereocenters. The Hall–Kier alpha value is -3.52. The number of azo groups is 1. The van der Waals surface area contributed by atoms with Gasteiger partial charge in [-0.25, -0.2) is 9.97 Å². The molecule has 178 valence electrons. The van der Waals surface area contributed by atoms with Crippen molar-refractivity contribution in [2.24, 2.45) is 10.2 Å². The minimum absolute atomic E-state index is 0.417. The van der Waals surface area contributed by atoms with Gasteiger partial charge >= 0.3 is 0 Å². The summed E-state index contributed by atoms with van der Waals surface area (Å²) in [6, 6.07) is 16.3. The highest BCUT2D eigenvalue weighted by Crippen LogP contribution is 2.30. The molecule has 1 aliphatic heterocycles. The van der Waals surface area contributed by atoms with Gasteiger partial charge in [-0.2, -0.15) is 10.2 Å². The van der Waals surface area contributed by atoms with E-state index in [9.17, 15) is 0 Å². The minimum Gasteiger partial charge on any atom is -0.384 e. The van der Waals surface area contributed by atoms with E-state index in [1.807, 2.05) is 30.6 Å². The van der Waals surface area contributed by atoms with Gasteiger partial charge in [-0.05, 0) is 73.5 Å². The van der Waals surface area contributed by atoms with E-state index in [1.54, 1.807) is 11.8 Å². The molecule has 1 fully saturated rings. The van der Waals surface area contributed by atoms with E-state index in [1.165, 1.54) is 16.0 Å². The summed E-state index contributed by atoms with van der Waals surface area (Å²) < 4.78 is 0. The molecule has 1 atom stereocenters. The van der Waals surface area contributed by atoms with Gasteiger partial charge < -0.3 is 10.6 Å². The van der Waals surface area contributed by atoms with Crippen molar-refractivity contribution >= 4 is 40.0 Å². The van der Waals surface area contributed by atoms with Crippen molar-refractivity contribution in [2.75, 3.05) is 30.0 Å².